The van der Waals surface area contributed by atoms with Gasteiger partial charge in [-0.15, -0.1) is 0 Å². The predicted octanol–water partition coefficient (Wildman–Crippen LogP) is 3.26. The van der Waals surface area contributed by atoms with E-state index in [4.69, 9.17) is 4.98 Å². The molecular weight excluding hydrogens is 350 g/mol. The number of hydrogen-bond acceptors (Lipinski definition) is 5. The zero-order valence-electron chi connectivity index (χ0n) is 16.4. The fourth-order valence-electron chi connectivity index (χ4n) is 3.18. The molecule has 0 radical (unpaired) electrons. The van der Waals surface area contributed by atoms with E-state index < -0.39 is 0 Å². The van der Waals surface area contributed by atoms with Crippen LogP contribution in [-0.4, -0.2) is 55.6 Å². The van der Waals surface area contributed by atoms with Gasteiger partial charge in [0, 0.05) is 43.9 Å². The van der Waals surface area contributed by atoms with E-state index in [1.807, 2.05) is 61.5 Å². The van der Waals surface area contributed by atoms with Crippen LogP contribution in [0, 0.1) is 0 Å². The highest BCUT2D eigenvalue weighted by Gasteiger charge is 2.11. The lowest BCUT2D eigenvalue weighted by atomic mass is 10.1. The highest BCUT2D eigenvalue weighted by molar-refractivity contribution is 5.93. The van der Waals surface area contributed by atoms with Crippen molar-refractivity contribution in [2.45, 2.75) is 0 Å². The molecule has 0 aliphatic heterocycles. The standard InChI is InChI=1S/C23H27N3O2/c1-25(2)20-11-8-18(9-12-20)7-10-19-17-23(26(13-15-27)14-16-28)21-5-3-4-6-22(21)24-19/h3-12,17,27-28H,13-16H2,1-2H3/b10-7-. The second-order valence-corrected chi connectivity index (χ2v) is 6.84. The van der Waals surface area contributed by atoms with Gasteiger partial charge in [-0.25, -0.2) is 4.98 Å². The monoisotopic (exact) mass is 377 g/mol. The van der Waals surface area contributed by atoms with Gasteiger partial charge < -0.3 is 20.0 Å². The van der Waals surface area contributed by atoms with E-state index >= 15 is 0 Å². The Bertz CT molecular complexity index is 930. The van der Waals surface area contributed by atoms with Crippen LogP contribution >= 0.6 is 0 Å². The molecule has 0 saturated heterocycles. The van der Waals surface area contributed by atoms with Crippen molar-refractivity contribution in [1.82, 2.24) is 4.98 Å². The number of pyridine rings is 1. The summed E-state index contributed by atoms with van der Waals surface area (Å²) in [5.74, 6) is 0. The molecule has 0 saturated carbocycles. The molecule has 0 atom stereocenters. The van der Waals surface area contributed by atoms with Crippen LogP contribution < -0.4 is 9.80 Å². The largest absolute Gasteiger partial charge is 0.395 e. The minimum Gasteiger partial charge on any atom is -0.395 e. The van der Waals surface area contributed by atoms with E-state index in [0.29, 0.717) is 13.1 Å². The molecule has 3 rings (SSSR count). The molecule has 2 N–H and O–H groups in total. The van der Waals surface area contributed by atoms with Crippen LogP contribution in [0.15, 0.2) is 54.6 Å². The Morgan fingerprint density at radius 3 is 2.21 bits per heavy atom. The maximum absolute atomic E-state index is 9.42. The van der Waals surface area contributed by atoms with Crippen molar-refractivity contribution in [3.63, 3.8) is 0 Å². The van der Waals surface area contributed by atoms with E-state index in [9.17, 15) is 10.2 Å². The number of aromatic nitrogens is 1. The Kier molecular flexibility index (Phi) is 6.63. The molecule has 1 aromatic heterocycles. The number of rotatable bonds is 8. The quantitative estimate of drug-likeness (QED) is 0.631. The zero-order chi connectivity index (χ0) is 19.9. The van der Waals surface area contributed by atoms with Crippen LogP contribution in [-0.2, 0) is 0 Å². The first-order valence-electron chi connectivity index (χ1n) is 9.44. The first kappa shape index (κ1) is 19.9. The van der Waals surface area contributed by atoms with Gasteiger partial charge in [-0.2, -0.15) is 0 Å². The first-order valence-corrected chi connectivity index (χ1v) is 9.44. The fourth-order valence-corrected chi connectivity index (χ4v) is 3.18. The number of anilines is 2. The summed E-state index contributed by atoms with van der Waals surface area (Å²) in [5.41, 5.74) is 4.96. The molecule has 0 aliphatic rings. The maximum Gasteiger partial charge on any atom is 0.0730 e. The smallest absolute Gasteiger partial charge is 0.0730 e. The lowest BCUT2D eigenvalue weighted by molar-refractivity contribution is 0.281. The molecule has 0 aliphatic carbocycles. The van der Waals surface area contributed by atoms with Gasteiger partial charge in [-0.05, 0) is 35.9 Å². The predicted molar refractivity (Wildman–Crippen MR) is 118 cm³/mol. The highest BCUT2D eigenvalue weighted by Crippen LogP contribution is 2.27. The minimum absolute atomic E-state index is 0.0278. The molecule has 0 spiro atoms. The Morgan fingerprint density at radius 1 is 0.893 bits per heavy atom. The SMILES string of the molecule is CN(C)c1ccc(/C=C\c2cc(N(CCO)CCO)c3ccccc3n2)cc1. The molecule has 0 bridgehead atoms. The zero-order valence-corrected chi connectivity index (χ0v) is 16.4. The van der Waals surface area contributed by atoms with Crippen molar-refractivity contribution < 1.29 is 10.2 Å². The summed E-state index contributed by atoms with van der Waals surface area (Å²) >= 11 is 0. The summed E-state index contributed by atoms with van der Waals surface area (Å²) < 4.78 is 0. The van der Waals surface area contributed by atoms with Crippen LogP contribution in [0.2, 0.25) is 0 Å². The third-order valence-corrected chi connectivity index (χ3v) is 4.65. The van der Waals surface area contributed by atoms with Gasteiger partial charge in [-0.1, -0.05) is 36.4 Å². The molecule has 146 valence electrons. The summed E-state index contributed by atoms with van der Waals surface area (Å²) in [6.07, 6.45) is 4.04. The van der Waals surface area contributed by atoms with Gasteiger partial charge in [0.25, 0.3) is 0 Å². The van der Waals surface area contributed by atoms with E-state index in [1.165, 1.54) is 0 Å². The number of benzene rings is 2. The number of fused-ring (bicyclic) bond motifs is 1. The molecule has 28 heavy (non-hydrogen) atoms. The highest BCUT2D eigenvalue weighted by atomic mass is 16.3. The number of nitrogens with zero attached hydrogens (tertiary/aromatic N) is 3. The summed E-state index contributed by atoms with van der Waals surface area (Å²) in [7, 11) is 4.05. The van der Waals surface area contributed by atoms with E-state index in [0.717, 1.165) is 33.5 Å². The molecule has 0 amide bonds. The summed E-state index contributed by atoms with van der Waals surface area (Å²) in [6.45, 7) is 0.980. The molecule has 1 heterocycles. The topological polar surface area (TPSA) is 59.8 Å². The molecule has 0 unspecified atom stereocenters. The Morgan fingerprint density at radius 2 is 1.57 bits per heavy atom. The van der Waals surface area contributed by atoms with Gasteiger partial charge in [0.05, 0.1) is 24.4 Å². The van der Waals surface area contributed by atoms with Crippen LogP contribution in [0.5, 0.6) is 0 Å². The minimum atomic E-state index is 0.0278. The van der Waals surface area contributed by atoms with Crippen molar-refractivity contribution in [2.24, 2.45) is 0 Å². The van der Waals surface area contributed by atoms with E-state index in [2.05, 4.69) is 29.2 Å². The summed E-state index contributed by atoms with van der Waals surface area (Å²) in [5, 5.41) is 19.9. The van der Waals surface area contributed by atoms with Crippen molar-refractivity contribution in [1.29, 1.82) is 0 Å². The van der Waals surface area contributed by atoms with Gasteiger partial charge in [0.1, 0.15) is 0 Å². The van der Waals surface area contributed by atoms with Crippen LogP contribution in [0.3, 0.4) is 0 Å². The van der Waals surface area contributed by atoms with E-state index in [1.54, 1.807) is 0 Å². The molecule has 5 heteroatoms. The van der Waals surface area contributed by atoms with Crippen molar-refractivity contribution >= 4 is 34.4 Å². The van der Waals surface area contributed by atoms with Crippen molar-refractivity contribution in [2.75, 3.05) is 50.2 Å². The van der Waals surface area contributed by atoms with Gasteiger partial charge in [0.2, 0.25) is 0 Å². The molecule has 0 fully saturated rings. The average Bonchev–Trinajstić information content (AvgIpc) is 2.72. The average molecular weight is 377 g/mol. The van der Waals surface area contributed by atoms with E-state index in [-0.39, 0.29) is 13.2 Å². The lowest BCUT2D eigenvalue weighted by Gasteiger charge is -2.24. The van der Waals surface area contributed by atoms with Crippen molar-refractivity contribution in [3.05, 3.63) is 65.9 Å². The fraction of sp³-hybridized carbons (Fsp3) is 0.261. The number of para-hydroxylation sites is 1. The summed E-state index contributed by atoms with van der Waals surface area (Å²) in [6, 6.07) is 18.3. The Hall–Kier alpha value is -2.89. The molecule has 2 aromatic carbocycles. The second-order valence-electron chi connectivity index (χ2n) is 6.84. The Balaban J connectivity index is 1.96. The Labute approximate surface area is 166 Å². The third-order valence-electron chi connectivity index (χ3n) is 4.65. The normalized spacial score (nSPS) is 11.3. The van der Waals surface area contributed by atoms with Crippen LogP contribution in [0.4, 0.5) is 11.4 Å². The van der Waals surface area contributed by atoms with Crippen LogP contribution in [0.25, 0.3) is 23.1 Å². The lowest BCUT2D eigenvalue weighted by Crippen LogP contribution is -2.30. The summed E-state index contributed by atoms with van der Waals surface area (Å²) in [4.78, 5) is 8.82. The van der Waals surface area contributed by atoms with Crippen LogP contribution in [0.1, 0.15) is 11.3 Å². The molecule has 5 nitrogen and oxygen atoms in total. The number of aliphatic hydroxyl groups excluding tert-OH is 2. The van der Waals surface area contributed by atoms with Gasteiger partial charge >= 0.3 is 0 Å². The number of hydrogen-bond donors (Lipinski definition) is 2. The molecular formula is C23H27N3O2. The van der Waals surface area contributed by atoms with Crippen molar-refractivity contribution in [3.8, 4) is 0 Å². The first-order chi connectivity index (χ1) is 13.6. The molecule has 3 aromatic rings. The second kappa shape index (κ2) is 9.35. The number of aliphatic hydroxyl groups is 2. The van der Waals surface area contributed by atoms with Gasteiger partial charge in [-0.3, -0.25) is 0 Å². The third kappa shape index (κ3) is 4.68. The van der Waals surface area contributed by atoms with Gasteiger partial charge in [0.15, 0.2) is 0 Å². The maximum atomic E-state index is 9.42.